The first-order chi connectivity index (χ1) is 8.74. The average molecular weight is 264 g/mol. The molecule has 0 unspecified atom stereocenters. The number of aryl methyl sites for hydroxylation is 1. The van der Waals surface area contributed by atoms with Crippen LogP contribution < -0.4 is 4.74 Å². The minimum Gasteiger partial charge on any atom is -0.496 e. The van der Waals surface area contributed by atoms with Crippen LogP contribution in [0.5, 0.6) is 5.75 Å². The van der Waals surface area contributed by atoms with Crippen molar-refractivity contribution in [2.24, 2.45) is 0 Å². The minimum absolute atomic E-state index is 0.0897. The van der Waals surface area contributed by atoms with Gasteiger partial charge in [-0.05, 0) is 6.42 Å². The summed E-state index contributed by atoms with van der Waals surface area (Å²) in [4.78, 5) is 17.1. The highest BCUT2D eigenvalue weighted by atomic mass is 32.1. The maximum atomic E-state index is 12.1. The molecule has 2 rings (SSSR count). The topological polar surface area (TPSA) is 44.1 Å². The van der Waals surface area contributed by atoms with E-state index >= 15 is 0 Å². The van der Waals surface area contributed by atoms with Gasteiger partial charge in [-0.25, -0.2) is 4.98 Å². The summed E-state index contributed by atoms with van der Waals surface area (Å²) in [6, 6.07) is 1.78. The largest absolute Gasteiger partial charge is 0.496 e. The van der Waals surface area contributed by atoms with Crippen molar-refractivity contribution in [1.82, 2.24) is 9.55 Å². The van der Waals surface area contributed by atoms with Crippen molar-refractivity contribution >= 4 is 17.1 Å². The first kappa shape index (κ1) is 12.8. The molecular formula is C13H16N2O2S. The molecule has 0 fully saturated rings. The SMILES string of the molecule is CCCn1ccnc1CC(=O)c1cc(OC)cs1. The van der Waals surface area contributed by atoms with E-state index in [1.165, 1.54) is 11.3 Å². The molecule has 0 saturated carbocycles. The Balaban J connectivity index is 2.08. The summed E-state index contributed by atoms with van der Waals surface area (Å²) in [5.41, 5.74) is 0. The minimum atomic E-state index is 0.0897. The lowest BCUT2D eigenvalue weighted by Gasteiger charge is -2.04. The molecule has 18 heavy (non-hydrogen) atoms. The Morgan fingerprint density at radius 2 is 2.39 bits per heavy atom. The summed E-state index contributed by atoms with van der Waals surface area (Å²) in [7, 11) is 1.60. The number of Topliss-reactive ketones (excluding diaryl/α,β-unsaturated/α-hetero) is 1. The van der Waals surface area contributed by atoms with Crippen molar-refractivity contribution in [2.75, 3.05) is 7.11 Å². The first-order valence-corrected chi connectivity index (χ1v) is 6.78. The van der Waals surface area contributed by atoms with Gasteiger partial charge in [-0.3, -0.25) is 4.79 Å². The molecule has 2 aromatic rings. The van der Waals surface area contributed by atoms with Crippen molar-refractivity contribution in [3.63, 3.8) is 0 Å². The van der Waals surface area contributed by atoms with Gasteiger partial charge in [0.2, 0.25) is 0 Å². The summed E-state index contributed by atoms with van der Waals surface area (Å²) in [6.45, 7) is 3.01. The van der Waals surface area contributed by atoms with E-state index in [1.54, 1.807) is 19.4 Å². The number of ketones is 1. The van der Waals surface area contributed by atoms with Crippen molar-refractivity contribution < 1.29 is 9.53 Å². The highest BCUT2D eigenvalue weighted by Gasteiger charge is 2.13. The van der Waals surface area contributed by atoms with Crippen LogP contribution in [-0.2, 0) is 13.0 Å². The van der Waals surface area contributed by atoms with Crippen LogP contribution in [0.1, 0.15) is 28.8 Å². The number of imidazole rings is 1. The normalized spacial score (nSPS) is 10.6. The summed E-state index contributed by atoms with van der Waals surface area (Å²) >= 11 is 1.41. The molecule has 0 radical (unpaired) electrons. The average Bonchev–Trinajstić information content (AvgIpc) is 2.99. The van der Waals surface area contributed by atoms with Gasteiger partial charge in [0.1, 0.15) is 11.6 Å². The number of methoxy groups -OCH3 is 1. The Morgan fingerprint density at radius 3 is 3.06 bits per heavy atom. The molecule has 0 amide bonds. The Labute approximate surface area is 110 Å². The molecule has 0 spiro atoms. The molecule has 0 saturated heterocycles. The zero-order valence-corrected chi connectivity index (χ0v) is 11.4. The first-order valence-electron chi connectivity index (χ1n) is 5.90. The van der Waals surface area contributed by atoms with Crippen LogP contribution in [0.3, 0.4) is 0 Å². The summed E-state index contributed by atoms with van der Waals surface area (Å²) in [6.07, 6.45) is 5.04. The van der Waals surface area contributed by atoms with E-state index in [0.717, 1.165) is 29.4 Å². The van der Waals surface area contributed by atoms with Gasteiger partial charge in [-0.2, -0.15) is 0 Å². The molecule has 0 aliphatic heterocycles. The predicted molar refractivity (Wildman–Crippen MR) is 71.4 cm³/mol. The third kappa shape index (κ3) is 2.79. The maximum absolute atomic E-state index is 12.1. The van der Waals surface area contributed by atoms with Crippen molar-refractivity contribution in [3.8, 4) is 5.75 Å². The van der Waals surface area contributed by atoms with E-state index in [4.69, 9.17) is 4.74 Å². The van der Waals surface area contributed by atoms with E-state index < -0.39 is 0 Å². The lowest BCUT2D eigenvalue weighted by Crippen LogP contribution is -2.09. The van der Waals surface area contributed by atoms with E-state index in [9.17, 15) is 4.79 Å². The number of hydrogen-bond donors (Lipinski definition) is 0. The fourth-order valence-corrected chi connectivity index (χ4v) is 2.55. The van der Waals surface area contributed by atoms with Crippen LogP contribution in [-0.4, -0.2) is 22.4 Å². The van der Waals surface area contributed by atoms with Gasteiger partial charge in [-0.15, -0.1) is 11.3 Å². The molecule has 96 valence electrons. The highest BCUT2D eigenvalue weighted by Crippen LogP contribution is 2.22. The van der Waals surface area contributed by atoms with Gasteiger partial charge < -0.3 is 9.30 Å². The lowest BCUT2D eigenvalue weighted by atomic mass is 10.2. The van der Waals surface area contributed by atoms with Gasteiger partial charge >= 0.3 is 0 Å². The lowest BCUT2D eigenvalue weighted by molar-refractivity contribution is 0.0993. The number of thiophene rings is 1. The van der Waals surface area contributed by atoms with Crippen LogP contribution in [0.4, 0.5) is 0 Å². The molecule has 0 aromatic carbocycles. The Bertz CT molecular complexity index is 531. The molecule has 4 nitrogen and oxygen atoms in total. The fourth-order valence-electron chi connectivity index (χ4n) is 1.75. The van der Waals surface area contributed by atoms with Crippen LogP contribution in [0, 0.1) is 0 Å². The molecule has 0 aliphatic rings. The van der Waals surface area contributed by atoms with Crippen LogP contribution >= 0.6 is 11.3 Å². The molecular weight excluding hydrogens is 248 g/mol. The monoisotopic (exact) mass is 264 g/mol. The van der Waals surface area contributed by atoms with Gasteiger partial charge in [0.15, 0.2) is 5.78 Å². The standard InChI is InChI=1S/C13H16N2O2S/c1-3-5-15-6-4-14-13(15)8-11(16)12-7-10(17-2)9-18-12/h4,6-7,9H,3,5,8H2,1-2H3. The van der Waals surface area contributed by atoms with E-state index in [-0.39, 0.29) is 5.78 Å². The van der Waals surface area contributed by atoms with Crippen molar-refractivity contribution in [1.29, 1.82) is 0 Å². The van der Waals surface area contributed by atoms with Crippen molar-refractivity contribution in [2.45, 2.75) is 26.3 Å². The molecule has 5 heteroatoms. The third-order valence-electron chi connectivity index (χ3n) is 2.67. The molecule has 0 atom stereocenters. The van der Waals surface area contributed by atoms with Crippen LogP contribution in [0.15, 0.2) is 23.8 Å². The third-order valence-corrected chi connectivity index (χ3v) is 3.62. The molecule has 2 aromatic heterocycles. The van der Waals surface area contributed by atoms with Crippen LogP contribution in [0.25, 0.3) is 0 Å². The second kappa shape index (κ2) is 5.82. The zero-order chi connectivity index (χ0) is 13.0. The Hall–Kier alpha value is -1.62. The second-order valence-electron chi connectivity index (χ2n) is 3.99. The smallest absolute Gasteiger partial charge is 0.180 e. The number of ether oxygens (including phenoxy) is 1. The predicted octanol–water partition coefficient (Wildman–Crippen LogP) is 2.79. The van der Waals surface area contributed by atoms with E-state index in [2.05, 4.69) is 11.9 Å². The Kier molecular flexibility index (Phi) is 4.15. The number of hydrogen-bond acceptors (Lipinski definition) is 4. The molecule has 0 bridgehead atoms. The van der Waals surface area contributed by atoms with Crippen molar-refractivity contribution in [3.05, 3.63) is 34.5 Å². The highest BCUT2D eigenvalue weighted by molar-refractivity contribution is 7.12. The van der Waals surface area contributed by atoms with Crippen LogP contribution in [0.2, 0.25) is 0 Å². The van der Waals surface area contributed by atoms with Gasteiger partial charge in [0.05, 0.1) is 18.4 Å². The van der Waals surface area contributed by atoms with Gasteiger partial charge in [0, 0.05) is 30.4 Å². The zero-order valence-electron chi connectivity index (χ0n) is 10.5. The summed E-state index contributed by atoms with van der Waals surface area (Å²) in [5, 5.41) is 1.84. The molecule has 0 aliphatic carbocycles. The van der Waals surface area contributed by atoms with E-state index in [1.807, 2.05) is 16.1 Å². The number of aromatic nitrogens is 2. The molecule has 2 heterocycles. The maximum Gasteiger partial charge on any atom is 0.180 e. The van der Waals surface area contributed by atoms with E-state index in [0.29, 0.717) is 6.42 Å². The number of carbonyl (C=O) groups is 1. The van der Waals surface area contributed by atoms with Gasteiger partial charge in [0.25, 0.3) is 0 Å². The molecule has 0 N–H and O–H groups in total. The summed E-state index contributed by atoms with van der Waals surface area (Å²) in [5.74, 6) is 1.65. The number of carbonyl (C=O) groups excluding carboxylic acids is 1. The van der Waals surface area contributed by atoms with Gasteiger partial charge in [-0.1, -0.05) is 6.92 Å². The second-order valence-corrected chi connectivity index (χ2v) is 4.90. The fraction of sp³-hybridized carbons (Fsp3) is 0.385. The Morgan fingerprint density at radius 1 is 1.56 bits per heavy atom. The quantitative estimate of drug-likeness (QED) is 0.754. The number of rotatable bonds is 6. The number of nitrogens with zero attached hydrogens (tertiary/aromatic N) is 2. The summed E-state index contributed by atoms with van der Waals surface area (Å²) < 4.78 is 7.11.